The van der Waals surface area contributed by atoms with Crippen LogP contribution in [0.3, 0.4) is 0 Å². The molecule has 0 amide bonds. The Morgan fingerprint density at radius 3 is 1.74 bits per heavy atom. The van der Waals surface area contributed by atoms with E-state index in [9.17, 15) is 5.41 Å². The Bertz CT molecular complexity index is 9050. The number of rotatable bonds is 12. The maximum Gasteiger partial charge on any atom is 3.00 e. The molecule has 16 heteroatoms. The number of furan rings is 4. The van der Waals surface area contributed by atoms with E-state index in [1.54, 1.807) is 30.4 Å². The Morgan fingerprint density at radius 2 is 1.10 bits per heavy atom. The molecule has 731 valence electrons. The Labute approximate surface area is 936 Å². The van der Waals surface area contributed by atoms with Crippen molar-refractivity contribution in [3.05, 3.63) is 517 Å². The van der Waals surface area contributed by atoms with Crippen LogP contribution >= 0.6 is 0 Å². The first-order chi connectivity index (χ1) is 78.8. The van der Waals surface area contributed by atoms with E-state index in [0.717, 1.165) is 135 Å². The van der Waals surface area contributed by atoms with E-state index >= 15 is 0 Å². The SMILES string of the molecule is C=C/C=C\C(=[N-])c1[c-]cccc1.CC1=CN=C(c2[c-]cc(C)cc2)CC1.[2H]c1cnc([2H])c([2H])c1[2H].[2H]c1cncc(C([2H])([2H])[2H])c1[2H].[2H]c1nc(-c2[c-]c([2H])c3c(oc4c([2H])c([2H])c([2H])c([2H])c43)c2[2H])c([2H])c([2H])c1[2H].[2H]c1nc(C(=C)[C-]=c2oc3ccccc3c2=C)c([2H])c([2H])c1C1([2H])CCCCC1.[Ir+3].[Ir].[Ir].[Ir].[c-]1cc(C2CC2)ccc1-c1ccccn1.[c-]1ccc2c(c1)oc1ccccc12.[c-]1ccc2c(c1)oc1ccccc12.[c-]1ccccc1-c1ccc(C2CCCC2)cn1. The van der Waals surface area contributed by atoms with Gasteiger partial charge in [0.1, 0.15) is 22.3 Å². The molecule has 0 unspecified atom stereocenters. The number of aryl methyl sites for hydroxylation is 2. The molecule has 3 aliphatic carbocycles. The summed E-state index contributed by atoms with van der Waals surface area (Å²) in [5.41, 5.74) is 17.1. The largest absolute Gasteiger partial charge is 3.00 e. The van der Waals surface area contributed by atoms with Crippen LogP contribution in [-0.2, 0) is 80.4 Å². The van der Waals surface area contributed by atoms with Crippen molar-refractivity contribution in [3.63, 3.8) is 0 Å². The minimum absolute atomic E-state index is 0. The van der Waals surface area contributed by atoms with Crippen molar-refractivity contribution < 1.29 is 130 Å². The molecule has 3 fully saturated rings. The summed E-state index contributed by atoms with van der Waals surface area (Å²) < 4.78 is 200. The average Bonchev–Trinajstić information content (AvgIpc) is 1.56. The maximum absolute atomic E-state index is 9.40. The zero-order valence-corrected chi connectivity index (χ0v) is 88.7. The summed E-state index contributed by atoms with van der Waals surface area (Å²) in [5, 5.41) is 15.5. The van der Waals surface area contributed by atoms with Gasteiger partial charge in [-0.15, -0.1) is 185 Å². The van der Waals surface area contributed by atoms with E-state index in [4.69, 9.17) is 49.2 Å². The molecule has 0 spiro atoms. The number of nitrogens with zero attached hydrogens (tertiary/aromatic N) is 8. The number of aliphatic imine (C=N–C) groups is 1. The fourth-order valence-electron chi connectivity index (χ4n) is 15.4. The Kier molecular flexibility index (Phi) is 32.2. The summed E-state index contributed by atoms with van der Waals surface area (Å²) in [4.78, 5) is 28.3. The summed E-state index contributed by atoms with van der Waals surface area (Å²) in [6.45, 7) is 13.3. The molecule has 3 radical (unpaired) electrons. The van der Waals surface area contributed by atoms with Crippen LogP contribution in [0.15, 0.2) is 436 Å². The molecule has 0 bridgehead atoms. The molecule has 11 heterocycles. The first kappa shape index (κ1) is 81.2. The normalized spacial score (nSPS) is 15.4. The summed E-state index contributed by atoms with van der Waals surface area (Å²) in [6.07, 6.45) is 30.4. The molecular weight excluding hydrogens is 2490 g/mol. The smallest absolute Gasteiger partial charge is 0.855 e. The van der Waals surface area contributed by atoms with Crippen LogP contribution in [0, 0.1) is 56.2 Å². The van der Waals surface area contributed by atoms with Gasteiger partial charge in [-0.25, -0.2) is 5.71 Å². The number of hydrogen-bond donors (Lipinski definition) is 0. The fourth-order valence-corrected chi connectivity index (χ4v) is 15.4. The van der Waals surface area contributed by atoms with E-state index in [1.165, 1.54) is 71.6 Å². The first-order valence-electron chi connectivity index (χ1n) is 57.6. The molecule has 145 heavy (non-hydrogen) atoms. The van der Waals surface area contributed by atoms with Crippen molar-refractivity contribution >= 4 is 106 Å². The van der Waals surface area contributed by atoms with Crippen molar-refractivity contribution in [1.29, 1.82) is 0 Å². The third-order valence-corrected chi connectivity index (χ3v) is 22.9. The van der Waals surface area contributed by atoms with Crippen molar-refractivity contribution in [3.8, 4) is 33.8 Å². The van der Waals surface area contributed by atoms with Gasteiger partial charge in [0.05, 0.1) is 34.3 Å². The second kappa shape index (κ2) is 57.4. The Morgan fingerprint density at radius 1 is 0.462 bits per heavy atom. The topological polar surface area (TPSA) is 165 Å². The van der Waals surface area contributed by atoms with Crippen molar-refractivity contribution in [2.24, 2.45) is 4.99 Å². The molecule has 0 atom stereocenters. The fraction of sp³-hybridized carbons (Fsp3) is 0.147. The van der Waals surface area contributed by atoms with Crippen LogP contribution in [0.4, 0.5) is 0 Å². The van der Waals surface area contributed by atoms with Gasteiger partial charge in [0, 0.05) is 146 Å². The van der Waals surface area contributed by atoms with Crippen molar-refractivity contribution in [2.45, 2.75) is 122 Å². The molecular formula is C129H109Ir4N8O4-6. The molecule has 3 saturated carbocycles. The quantitative estimate of drug-likeness (QED) is 0.0653. The van der Waals surface area contributed by atoms with Crippen molar-refractivity contribution in [1.82, 2.24) is 29.9 Å². The van der Waals surface area contributed by atoms with E-state index in [2.05, 4.69) is 178 Å². The van der Waals surface area contributed by atoms with Gasteiger partial charge in [-0.1, -0.05) is 249 Å². The summed E-state index contributed by atoms with van der Waals surface area (Å²) >= 11 is 0. The second-order valence-electron chi connectivity index (χ2n) is 32.8. The van der Waals surface area contributed by atoms with E-state index in [-0.39, 0.29) is 208 Å². The molecule has 21 aromatic rings. The maximum atomic E-state index is 9.40. The molecule has 0 N–H and O–H groups in total. The number of benzene rings is 11. The number of pyridine rings is 6. The molecule has 0 saturated heterocycles. The van der Waals surface area contributed by atoms with Gasteiger partial charge in [-0.2, -0.15) is 48.5 Å². The minimum atomic E-state index is -2.35. The average molecular weight is 2630 g/mol. The molecule has 25 rings (SSSR count). The predicted octanol–water partition coefficient (Wildman–Crippen LogP) is 31.8. The first-order valence-corrected chi connectivity index (χ1v) is 46.1. The number of hydrogen-bond acceptors (Lipinski definition) is 11. The molecule has 4 aliphatic rings. The summed E-state index contributed by atoms with van der Waals surface area (Å²) in [6, 6.07) is 89.2. The number of aromatic nitrogens is 6. The number of para-hydroxylation sites is 4. The minimum Gasteiger partial charge on any atom is -0.855 e. The molecule has 10 aromatic heterocycles. The second-order valence-corrected chi connectivity index (χ2v) is 32.8. The van der Waals surface area contributed by atoms with E-state index < -0.39 is 61.2 Å². The number of fused-ring (bicyclic) bond motifs is 10. The van der Waals surface area contributed by atoms with Crippen LogP contribution in [0.25, 0.3) is 134 Å². The monoisotopic (exact) mass is 2630 g/mol. The zero-order valence-electron chi connectivity index (χ0n) is 102. The Balaban J connectivity index is 0.000000166. The van der Waals surface area contributed by atoms with E-state index in [0.29, 0.717) is 34.6 Å². The van der Waals surface area contributed by atoms with Gasteiger partial charge >= 0.3 is 20.1 Å². The van der Waals surface area contributed by atoms with Crippen LogP contribution in [-0.4, -0.2) is 41.3 Å². The van der Waals surface area contributed by atoms with Crippen LogP contribution in [0.5, 0.6) is 0 Å². The molecule has 1 aliphatic heterocycles. The van der Waals surface area contributed by atoms with Gasteiger partial charge < -0.3 is 48.0 Å². The van der Waals surface area contributed by atoms with E-state index in [1.807, 2.05) is 170 Å². The van der Waals surface area contributed by atoms with Crippen molar-refractivity contribution in [2.75, 3.05) is 0 Å². The van der Waals surface area contributed by atoms with Gasteiger partial charge in [0.25, 0.3) is 0 Å². The summed E-state index contributed by atoms with van der Waals surface area (Å²) in [7, 11) is 0. The number of allylic oxidation sites excluding steroid dienone is 5. The standard InChI is InChI=1S/C23H22NO.C17H10NO.C16H16N.C14H12N.C13H14N.2C12H7O.C11H9N.C6H7N.C5H5N.4Ir/c1-16(14-23-17(2)20-10-6-7-11-22(20)25-23)21-13-12-19(15-24-21)18-8-4-3-5-9-18;1-2-7-16-13(5-1)14-9-8-12(11-17(14)19-16)15-6-3-4-10-18-15;1-2-8-14(9-3-1)16-11-10-15(12-17-16)13-6-4-5-7-13;1-2-10-15-14(3-1)13-8-6-12(7-9-13)11-4-5-11;1-10-3-6-12(7-4-10)13-8-5-11(2)9-14-13;2*1-3-7-11-9(5-1)10-6-2-4-8-12(10)13-11;1-2-3-9-11(12)10-7-5-4-6-8-10;1-6-3-2-4-7-5-6;1-2-4-6-5-3-1;;;;/h6-7,10-13,15,18H,1-5,8-9H2;1-7,9-11H;1-3,8,10-13H,4-7H2;1-3,6-8,10-11H,4-5H2;3-4,6,9H,5,8H2,1-2H3;2*1-3,5-8H;2-7,9H,1H2;2-5H,1H3;1-5H;;;;/q7*-1;-2;;;;;;+3/b;;;;;;;9-3-;;;;;;/i12D,13D,15D,18D;1D,2D,3D,4D,5D,6D,7D,9D,10D,11D;;;;;;;1D3,2D,3D;1D,2D,3D,4D;;;;. The van der Waals surface area contributed by atoms with Gasteiger partial charge in [0.15, 0.2) is 0 Å². The predicted molar refractivity (Wildman–Crippen MR) is 579 cm³/mol. The van der Waals surface area contributed by atoms with Gasteiger partial charge in [-0.3, -0.25) is 9.97 Å². The molecule has 11 aromatic carbocycles. The van der Waals surface area contributed by atoms with Crippen LogP contribution in [0.2, 0.25) is 0 Å². The zero-order chi connectivity index (χ0) is 117. The summed E-state index contributed by atoms with van der Waals surface area (Å²) in [5.74, 6) is 0.539. The van der Waals surface area contributed by atoms with Gasteiger partial charge in [0.2, 0.25) is 0 Å². The Hall–Kier alpha value is -14.1. The molecule has 12 nitrogen and oxygen atoms in total. The van der Waals surface area contributed by atoms with Gasteiger partial charge in [-0.05, 0) is 175 Å². The van der Waals surface area contributed by atoms with Crippen LogP contribution < -0.4 is 10.6 Å². The third-order valence-electron chi connectivity index (χ3n) is 22.9. The van der Waals surface area contributed by atoms with Crippen LogP contribution in [0.1, 0.15) is 184 Å². The third kappa shape index (κ3) is 31.7.